The summed E-state index contributed by atoms with van der Waals surface area (Å²) in [5.41, 5.74) is 0. The Labute approximate surface area is 88.7 Å². The topological polar surface area (TPSA) is 34.1 Å². The van der Waals surface area contributed by atoms with E-state index in [0.717, 1.165) is 19.4 Å². The first kappa shape index (κ1) is 10.4. The molecule has 15 heavy (non-hydrogen) atoms. The molecule has 0 amide bonds. The molecule has 0 atom stereocenters. The van der Waals surface area contributed by atoms with Crippen LogP contribution >= 0.6 is 0 Å². The molecule has 0 radical (unpaired) electrons. The fourth-order valence-corrected chi connectivity index (χ4v) is 1.74. The average Bonchev–Trinajstić information content (AvgIpc) is 2.18. The van der Waals surface area contributed by atoms with Gasteiger partial charge >= 0.3 is 0 Å². The first-order chi connectivity index (χ1) is 7.29. The highest BCUT2D eigenvalue weighted by molar-refractivity contribution is 5.37. The van der Waals surface area contributed by atoms with Gasteiger partial charge < -0.3 is 10.1 Å². The molecule has 0 unspecified atom stereocenters. The maximum atomic E-state index is 13.2. The number of aromatic nitrogens is 1. The summed E-state index contributed by atoms with van der Waals surface area (Å²) >= 11 is 0. The molecule has 0 saturated heterocycles. The van der Waals surface area contributed by atoms with Gasteiger partial charge in [0.15, 0.2) is 11.6 Å². The zero-order valence-electron chi connectivity index (χ0n) is 8.74. The molecule has 0 aliphatic heterocycles. The standard InChI is InChI=1S/C11H15FN2O/c1-2-15-9-6-8(7-9)14-11-10(12)4-3-5-13-11/h3-5,8-9H,2,6-7H2,1H3,(H,13,14). The zero-order valence-corrected chi connectivity index (χ0v) is 8.74. The number of rotatable bonds is 4. The van der Waals surface area contributed by atoms with Crippen LogP contribution in [0.25, 0.3) is 0 Å². The fraction of sp³-hybridized carbons (Fsp3) is 0.545. The van der Waals surface area contributed by atoms with Gasteiger partial charge in [-0.05, 0) is 31.9 Å². The van der Waals surface area contributed by atoms with Crippen LogP contribution in [0.5, 0.6) is 0 Å². The Morgan fingerprint density at radius 2 is 2.40 bits per heavy atom. The lowest BCUT2D eigenvalue weighted by Gasteiger charge is -2.35. The number of anilines is 1. The summed E-state index contributed by atoms with van der Waals surface area (Å²) in [6.45, 7) is 2.73. The van der Waals surface area contributed by atoms with E-state index in [1.165, 1.54) is 6.07 Å². The van der Waals surface area contributed by atoms with Crippen LogP contribution in [0.1, 0.15) is 19.8 Å². The highest BCUT2D eigenvalue weighted by Crippen LogP contribution is 2.26. The highest BCUT2D eigenvalue weighted by Gasteiger charge is 2.30. The summed E-state index contributed by atoms with van der Waals surface area (Å²) in [4.78, 5) is 3.94. The van der Waals surface area contributed by atoms with Crippen LogP contribution in [0.15, 0.2) is 18.3 Å². The molecule has 1 fully saturated rings. The Hall–Kier alpha value is -1.16. The molecule has 3 nitrogen and oxygen atoms in total. The summed E-state index contributed by atoms with van der Waals surface area (Å²) in [7, 11) is 0. The number of hydrogen-bond acceptors (Lipinski definition) is 3. The molecule has 1 saturated carbocycles. The van der Waals surface area contributed by atoms with E-state index >= 15 is 0 Å². The Morgan fingerprint density at radius 1 is 1.60 bits per heavy atom. The van der Waals surface area contributed by atoms with Gasteiger partial charge in [0.25, 0.3) is 0 Å². The van der Waals surface area contributed by atoms with E-state index in [9.17, 15) is 4.39 Å². The first-order valence-corrected chi connectivity index (χ1v) is 5.28. The SMILES string of the molecule is CCOC1CC(Nc2ncccc2F)C1. The summed E-state index contributed by atoms with van der Waals surface area (Å²) in [5, 5.41) is 3.07. The van der Waals surface area contributed by atoms with Crippen molar-refractivity contribution < 1.29 is 9.13 Å². The quantitative estimate of drug-likeness (QED) is 0.827. The van der Waals surface area contributed by atoms with E-state index in [-0.39, 0.29) is 5.82 Å². The van der Waals surface area contributed by atoms with Crippen LogP contribution in [0.2, 0.25) is 0 Å². The molecule has 1 N–H and O–H groups in total. The second-order valence-electron chi connectivity index (χ2n) is 3.72. The van der Waals surface area contributed by atoms with Crippen molar-refractivity contribution >= 4 is 5.82 Å². The number of ether oxygens (including phenoxy) is 1. The Balaban J connectivity index is 1.82. The van der Waals surface area contributed by atoms with Crippen molar-refractivity contribution in [2.75, 3.05) is 11.9 Å². The van der Waals surface area contributed by atoms with Crippen LogP contribution in [0.3, 0.4) is 0 Å². The molecule has 0 spiro atoms. The predicted octanol–water partition coefficient (Wildman–Crippen LogP) is 2.20. The smallest absolute Gasteiger partial charge is 0.165 e. The largest absolute Gasteiger partial charge is 0.378 e. The van der Waals surface area contributed by atoms with Gasteiger partial charge in [-0.25, -0.2) is 9.37 Å². The number of halogens is 1. The van der Waals surface area contributed by atoms with Crippen LogP contribution in [0.4, 0.5) is 10.2 Å². The molecule has 82 valence electrons. The van der Waals surface area contributed by atoms with Gasteiger partial charge in [0.2, 0.25) is 0 Å². The van der Waals surface area contributed by atoms with Gasteiger partial charge in [0, 0.05) is 18.8 Å². The number of hydrogen-bond donors (Lipinski definition) is 1. The number of nitrogens with one attached hydrogen (secondary N) is 1. The van der Waals surface area contributed by atoms with Gasteiger partial charge in [-0.1, -0.05) is 0 Å². The van der Waals surface area contributed by atoms with E-state index in [2.05, 4.69) is 10.3 Å². The molecule has 2 rings (SSSR count). The van der Waals surface area contributed by atoms with E-state index < -0.39 is 0 Å². The predicted molar refractivity (Wildman–Crippen MR) is 56.3 cm³/mol. The van der Waals surface area contributed by atoms with Crippen molar-refractivity contribution in [1.29, 1.82) is 0 Å². The Kier molecular flexibility index (Phi) is 3.16. The summed E-state index contributed by atoms with van der Waals surface area (Å²) in [6.07, 6.45) is 3.79. The van der Waals surface area contributed by atoms with Crippen LogP contribution in [-0.4, -0.2) is 23.7 Å². The zero-order chi connectivity index (χ0) is 10.7. The molecule has 0 aromatic carbocycles. The minimum atomic E-state index is -0.294. The minimum absolute atomic E-state index is 0.294. The second-order valence-corrected chi connectivity index (χ2v) is 3.72. The number of nitrogens with zero attached hydrogens (tertiary/aromatic N) is 1. The molecular formula is C11H15FN2O. The lowest BCUT2D eigenvalue weighted by molar-refractivity contribution is 0.00286. The normalized spacial score (nSPS) is 24.7. The third kappa shape index (κ3) is 2.45. The Bertz CT molecular complexity index is 326. The maximum Gasteiger partial charge on any atom is 0.165 e. The molecule has 1 heterocycles. The van der Waals surface area contributed by atoms with Crippen LogP contribution in [0, 0.1) is 5.82 Å². The van der Waals surface area contributed by atoms with Crippen molar-refractivity contribution in [1.82, 2.24) is 4.98 Å². The summed E-state index contributed by atoms with van der Waals surface area (Å²) < 4.78 is 18.6. The van der Waals surface area contributed by atoms with E-state index in [1.807, 2.05) is 6.92 Å². The highest BCUT2D eigenvalue weighted by atomic mass is 19.1. The molecule has 1 aromatic heterocycles. The second kappa shape index (κ2) is 4.57. The monoisotopic (exact) mass is 210 g/mol. The van der Waals surface area contributed by atoms with Crippen molar-refractivity contribution in [3.63, 3.8) is 0 Å². The summed E-state index contributed by atoms with van der Waals surface area (Å²) in [6, 6.07) is 3.30. The van der Waals surface area contributed by atoms with Crippen molar-refractivity contribution in [2.24, 2.45) is 0 Å². The lowest BCUT2D eigenvalue weighted by Crippen LogP contribution is -2.41. The Morgan fingerprint density at radius 3 is 3.07 bits per heavy atom. The molecular weight excluding hydrogens is 195 g/mol. The molecule has 1 aromatic rings. The molecule has 4 heteroatoms. The third-order valence-corrected chi connectivity index (χ3v) is 2.60. The van der Waals surface area contributed by atoms with Crippen LogP contribution in [-0.2, 0) is 4.74 Å². The molecule has 1 aliphatic carbocycles. The van der Waals surface area contributed by atoms with Gasteiger partial charge in [-0.3, -0.25) is 0 Å². The average molecular weight is 210 g/mol. The van der Waals surface area contributed by atoms with Gasteiger partial charge in [-0.2, -0.15) is 0 Å². The van der Waals surface area contributed by atoms with Crippen LogP contribution < -0.4 is 5.32 Å². The maximum absolute atomic E-state index is 13.2. The lowest BCUT2D eigenvalue weighted by atomic mass is 9.89. The fourth-order valence-electron chi connectivity index (χ4n) is 1.74. The van der Waals surface area contributed by atoms with Gasteiger partial charge in [0.05, 0.1) is 6.10 Å². The van der Waals surface area contributed by atoms with E-state index in [4.69, 9.17) is 4.74 Å². The first-order valence-electron chi connectivity index (χ1n) is 5.28. The third-order valence-electron chi connectivity index (χ3n) is 2.60. The minimum Gasteiger partial charge on any atom is -0.378 e. The van der Waals surface area contributed by atoms with Gasteiger partial charge in [-0.15, -0.1) is 0 Å². The summed E-state index contributed by atoms with van der Waals surface area (Å²) in [5.74, 6) is 0.0507. The number of pyridine rings is 1. The molecule has 1 aliphatic rings. The molecule has 0 bridgehead atoms. The van der Waals surface area contributed by atoms with E-state index in [0.29, 0.717) is 18.0 Å². The van der Waals surface area contributed by atoms with Crippen molar-refractivity contribution in [2.45, 2.75) is 31.9 Å². The van der Waals surface area contributed by atoms with E-state index in [1.54, 1.807) is 12.3 Å². The van der Waals surface area contributed by atoms with Gasteiger partial charge in [0.1, 0.15) is 0 Å². The van der Waals surface area contributed by atoms with Crippen molar-refractivity contribution in [3.05, 3.63) is 24.1 Å². The van der Waals surface area contributed by atoms with Crippen molar-refractivity contribution in [3.8, 4) is 0 Å².